The number of nitrogens with zero attached hydrogens (tertiary/aromatic N) is 6. The number of hydrogen-bond donors (Lipinski definition) is 1. The Bertz CT molecular complexity index is 625. The Morgan fingerprint density at radius 2 is 2.10 bits per heavy atom. The lowest BCUT2D eigenvalue weighted by molar-refractivity contribution is 0.0587. The third-order valence-electron chi connectivity index (χ3n) is 2.03. The lowest BCUT2D eigenvalue weighted by Gasteiger charge is -2.08. The largest absolute Gasteiger partial charge is 0.463 e. The minimum absolute atomic E-state index is 0.0271. The fourth-order valence-corrected chi connectivity index (χ4v) is 1.27. The molecule has 2 aromatic heterocycles. The number of nitrogens with two attached hydrogens (primary N) is 1. The predicted octanol–water partition coefficient (Wildman–Crippen LogP) is -0.392. The van der Waals surface area contributed by atoms with Gasteiger partial charge in [-0.05, 0) is 13.8 Å². The molecule has 0 aromatic carbocycles. The van der Waals surface area contributed by atoms with Crippen molar-refractivity contribution in [1.29, 1.82) is 0 Å². The van der Waals surface area contributed by atoms with E-state index in [1.165, 1.54) is 18.1 Å². The van der Waals surface area contributed by atoms with Crippen molar-refractivity contribution in [1.82, 2.24) is 29.7 Å². The molecule has 106 valence electrons. The Hall–Kier alpha value is -2.78. The molecule has 0 unspecified atom stereocenters. The van der Waals surface area contributed by atoms with Crippen molar-refractivity contribution in [3.63, 3.8) is 0 Å². The summed E-state index contributed by atoms with van der Waals surface area (Å²) >= 11 is 0. The van der Waals surface area contributed by atoms with Crippen LogP contribution in [-0.4, -0.2) is 48.9 Å². The van der Waals surface area contributed by atoms with Crippen LogP contribution in [-0.2, 0) is 4.74 Å². The highest BCUT2D eigenvalue weighted by Crippen LogP contribution is 2.10. The monoisotopic (exact) mass is 279 g/mol. The average Bonchev–Trinajstić information content (AvgIpc) is 2.85. The molecule has 10 nitrogen and oxygen atoms in total. The molecule has 0 aliphatic rings. The average molecular weight is 279 g/mol. The number of methoxy groups -OCH3 is 1. The summed E-state index contributed by atoms with van der Waals surface area (Å²) in [6.07, 6.45) is 1.14. The summed E-state index contributed by atoms with van der Waals surface area (Å²) in [6, 6.07) is 0.0672. The molecule has 0 amide bonds. The summed E-state index contributed by atoms with van der Waals surface area (Å²) in [7, 11) is 1.23. The van der Waals surface area contributed by atoms with Crippen LogP contribution in [0.4, 0.5) is 5.95 Å². The zero-order valence-electron chi connectivity index (χ0n) is 11.1. The van der Waals surface area contributed by atoms with Crippen molar-refractivity contribution >= 4 is 11.9 Å². The highest BCUT2D eigenvalue weighted by Gasteiger charge is 2.15. The normalized spacial score (nSPS) is 10.6. The van der Waals surface area contributed by atoms with Crippen molar-refractivity contribution in [3.05, 3.63) is 12.2 Å². The topological polar surface area (TPSA) is 131 Å². The molecule has 0 saturated heterocycles. The smallest absolute Gasteiger partial charge is 0.377 e. The van der Waals surface area contributed by atoms with Gasteiger partial charge in [-0.3, -0.25) is 0 Å². The zero-order valence-corrected chi connectivity index (χ0v) is 11.1. The van der Waals surface area contributed by atoms with Gasteiger partial charge in [-0.2, -0.15) is 19.6 Å². The fourth-order valence-electron chi connectivity index (χ4n) is 1.27. The molecule has 0 aliphatic carbocycles. The standard InChI is InChI=1S/C10H13N7O3/c1-5(2)20-10-14-8(11)13-9(15-10)17-4-12-6(16-17)7(18)19-3/h4-5H,1-3H3,(H2,11,13,14,15). The summed E-state index contributed by atoms with van der Waals surface area (Å²) in [4.78, 5) is 26.8. The van der Waals surface area contributed by atoms with Crippen LogP contribution in [0.5, 0.6) is 6.01 Å². The van der Waals surface area contributed by atoms with E-state index in [0.717, 1.165) is 0 Å². The maximum atomic E-state index is 11.3. The van der Waals surface area contributed by atoms with Gasteiger partial charge in [-0.1, -0.05) is 0 Å². The van der Waals surface area contributed by atoms with E-state index < -0.39 is 5.97 Å². The fraction of sp³-hybridized carbons (Fsp3) is 0.400. The Morgan fingerprint density at radius 3 is 2.75 bits per heavy atom. The SMILES string of the molecule is COC(=O)c1ncn(-c2nc(N)nc(OC(C)C)n2)n1. The van der Waals surface area contributed by atoms with Gasteiger partial charge in [0, 0.05) is 0 Å². The summed E-state index contributed by atoms with van der Waals surface area (Å²) in [6.45, 7) is 3.65. The number of esters is 1. The van der Waals surface area contributed by atoms with Crippen molar-refractivity contribution in [2.45, 2.75) is 20.0 Å². The second-order valence-electron chi connectivity index (χ2n) is 3.95. The number of nitrogen functional groups attached to an aromatic ring is 1. The summed E-state index contributed by atoms with van der Waals surface area (Å²) in [5, 5.41) is 3.88. The minimum atomic E-state index is -0.663. The Balaban J connectivity index is 2.34. The van der Waals surface area contributed by atoms with Crippen molar-refractivity contribution in [3.8, 4) is 12.0 Å². The van der Waals surface area contributed by atoms with Gasteiger partial charge in [0.25, 0.3) is 11.8 Å². The summed E-state index contributed by atoms with van der Waals surface area (Å²) < 4.78 is 11.0. The van der Waals surface area contributed by atoms with Gasteiger partial charge in [-0.15, -0.1) is 5.10 Å². The number of aromatic nitrogens is 6. The van der Waals surface area contributed by atoms with Crippen molar-refractivity contribution in [2.75, 3.05) is 12.8 Å². The van der Waals surface area contributed by atoms with Crippen LogP contribution < -0.4 is 10.5 Å². The Labute approximate surface area is 114 Å². The molecule has 0 bridgehead atoms. The number of hydrogen-bond acceptors (Lipinski definition) is 9. The predicted molar refractivity (Wildman–Crippen MR) is 66.3 cm³/mol. The van der Waals surface area contributed by atoms with E-state index >= 15 is 0 Å². The van der Waals surface area contributed by atoms with E-state index in [4.69, 9.17) is 10.5 Å². The summed E-state index contributed by atoms with van der Waals surface area (Å²) in [5.41, 5.74) is 5.57. The van der Waals surface area contributed by atoms with E-state index in [0.29, 0.717) is 0 Å². The zero-order chi connectivity index (χ0) is 14.7. The van der Waals surface area contributed by atoms with Gasteiger partial charge < -0.3 is 15.2 Å². The molecule has 2 rings (SSSR count). The van der Waals surface area contributed by atoms with E-state index in [1.54, 1.807) is 0 Å². The van der Waals surface area contributed by atoms with Crippen LogP contribution in [0.2, 0.25) is 0 Å². The van der Waals surface area contributed by atoms with E-state index in [1.807, 2.05) is 13.8 Å². The van der Waals surface area contributed by atoms with Gasteiger partial charge in [-0.25, -0.2) is 9.78 Å². The first kappa shape index (κ1) is 13.6. The van der Waals surface area contributed by atoms with Gasteiger partial charge in [0.15, 0.2) is 0 Å². The van der Waals surface area contributed by atoms with Crippen molar-refractivity contribution in [2.24, 2.45) is 0 Å². The quantitative estimate of drug-likeness (QED) is 0.743. The molecule has 0 saturated carbocycles. The molecule has 2 N–H and O–H groups in total. The van der Waals surface area contributed by atoms with Crippen LogP contribution in [0.15, 0.2) is 6.33 Å². The first-order valence-electron chi connectivity index (χ1n) is 5.68. The number of carbonyl (C=O) groups is 1. The Kier molecular flexibility index (Phi) is 3.73. The molecule has 0 fully saturated rings. The first-order valence-corrected chi connectivity index (χ1v) is 5.68. The number of rotatable bonds is 4. The maximum absolute atomic E-state index is 11.3. The van der Waals surface area contributed by atoms with Crippen LogP contribution in [0, 0.1) is 0 Å². The number of carbonyl (C=O) groups excluding carboxylic acids is 1. The van der Waals surface area contributed by atoms with E-state index in [9.17, 15) is 4.79 Å². The van der Waals surface area contributed by atoms with Crippen LogP contribution in [0.25, 0.3) is 5.95 Å². The molecule has 2 heterocycles. The van der Waals surface area contributed by atoms with Gasteiger partial charge in [0.2, 0.25) is 5.95 Å². The molecule has 0 atom stereocenters. The second-order valence-corrected chi connectivity index (χ2v) is 3.95. The van der Waals surface area contributed by atoms with E-state index in [-0.39, 0.29) is 29.8 Å². The molecule has 20 heavy (non-hydrogen) atoms. The maximum Gasteiger partial charge on any atom is 0.377 e. The lowest BCUT2D eigenvalue weighted by atomic mass is 10.5. The van der Waals surface area contributed by atoms with Gasteiger partial charge in [0.1, 0.15) is 6.33 Å². The number of anilines is 1. The Morgan fingerprint density at radius 1 is 1.35 bits per heavy atom. The number of ether oxygens (including phenoxy) is 2. The first-order chi connectivity index (χ1) is 9.49. The van der Waals surface area contributed by atoms with Crippen LogP contribution in [0.3, 0.4) is 0 Å². The molecule has 0 spiro atoms. The van der Waals surface area contributed by atoms with Crippen molar-refractivity contribution < 1.29 is 14.3 Å². The third-order valence-corrected chi connectivity index (χ3v) is 2.03. The molecule has 0 aliphatic heterocycles. The third kappa shape index (κ3) is 2.96. The lowest BCUT2D eigenvalue weighted by Crippen LogP contribution is -2.13. The highest BCUT2D eigenvalue weighted by atomic mass is 16.5. The summed E-state index contributed by atoms with van der Waals surface area (Å²) in [5.74, 6) is -0.709. The molecule has 2 aromatic rings. The van der Waals surface area contributed by atoms with E-state index in [2.05, 4.69) is 29.8 Å². The highest BCUT2D eigenvalue weighted by molar-refractivity contribution is 5.84. The molecule has 10 heteroatoms. The van der Waals surface area contributed by atoms with Crippen LogP contribution >= 0.6 is 0 Å². The molecular weight excluding hydrogens is 266 g/mol. The molecule has 0 radical (unpaired) electrons. The van der Waals surface area contributed by atoms with Gasteiger partial charge in [0.05, 0.1) is 13.2 Å². The molecular formula is C10H13N7O3. The van der Waals surface area contributed by atoms with Crippen LogP contribution in [0.1, 0.15) is 24.5 Å². The second kappa shape index (κ2) is 5.47. The minimum Gasteiger partial charge on any atom is -0.463 e. The van der Waals surface area contributed by atoms with Gasteiger partial charge >= 0.3 is 12.0 Å².